The number of hydrogen-bond donors (Lipinski definition) is 0. The summed E-state index contributed by atoms with van der Waals surface area (Å²) in [6.07, 6.45) is 30.7. The van der Waals surface area contributed by atoms with Crippen LogP contribution in [0.1, 0.15) is 142 Å². The number of hydrogen-bond acceptors (Lipinski definition) is 0. The van der Waals surface area contributed by atoms with Crippen LogP contribution in [-0.2, 0) is 0 Å². The average molecular weight is 361 g/mol. The minimum absolute atomic E-state index is 0.827. The molecule has 3 aliphatic rings. The van der Waals surface area contributed by atoms with Crippen molar-refractivity contribution in [1.29, 1.82) is 0 Å². The van der Waals surface area contributed by atoms with Gasteiger partial charge in [-0.2, -0.15) is 0 Å². The van der Waals surface area contributed by atoms with Gasteiger partial charge in [-0.05, 0) is 86.9 Å². The SMILES string of the molecule is CCCCCCC1CCC2(CC1)CC1(CCC(CCCCCC)CC1)C2. The summed E-state index contributed by atoms with van der Waals surface area (Å²) >= 11 is 0. The second-order valence-electron chi connectivity index (χ2n) is 10.9. The number of rotatable bonds is 10. The topological polar surface area (TPSA) is 0 Å². The van der Waals surface area contributed by atoms with Gasteiger partial charge < -0.3 is 0 Å². The Balaban J connectivity index is 1.30. The molecule has 3 saturated carbocycles. The van der Waals surface area contributed by atoms with Crippen molar-refractivity contribution in [2.75, 3.05) is 0 Å². The van der Waals surface area contributed by atoms with E-state index in [1.165, 1.54) is 51.4 Å². The summed E-state index contributed by atoms with van der Waals surface area (Å²) in [5.41, 5.74) is 1.65. The van der Waals surface area contributed by atoms with Crippen molar-refractivity contribution < 1.29 is 0 Å². The van der Waals surface area contributed by atoms with E-state index in [1.807, 2.05) is 0 Å². The molecule has 0 aromatic rings. The second kappa shape index (κ2) is 9.97. The van der Waals surface area contributed by atoms with Crippen LogP contribution in [0.3, 0.4) is 0 Å². The standard InChI is InChI=1S/C26H48/c1-3-5-7-9-11-23-13-17-25(18-14-23)21-26(22-25)19-15-24(16-20-26)12-10-8-6-4-2/h23-24H,3-22H2,1-2H3. The third-order valence-electron chi connectivity index (χ3n) is 8.76. The van der Waals surface area contributed by atoms with E-state index in [-0.39, 0.29) is 0 Å². The van der Waals surface area contributed by atoms with E-state index in [0.717, 1.165) is 22.7 Å². The van der Waals surface area contributed by atoms with Gasteiger partial charge in [0.05, 0.1) is 0 Å². The van der Waals surface area contributed by atoms with E-state index in [9.17, 15) is 0 Å². The van der Waals surface area contributed by atoms with Crippen molar-refractivity contribution in [3.63, 3.8) is 0 Å². The molecule has 3 aliphatic carbocycles. The van der Waals surface area contributed by atoms with Crippen molar-refractivity contribution in [1.82, 2.24) is 0 Å². The Kier molecular flexibility index (Phi) is 7.95. The van der Waals surface area contributed by atoms with Crippen LogP contribution in [0.25, 0.3) is 0 Å². The molecular weight excluding hydrogens is 312 g/mol. The highest BCUT2D eigenvalue weighted by molar-refractivity contribution is 5.06. The van der Waals surface area contributed by atoms with Crippen molar-refractivity contribution in [3.05, 3.63) is 0 Å². The summed E-state index contributed by atoms with van der Waals surface area (Å²) in [4.78, 5) is 0. The van der Waals surface area contributed by atoms with E-state index in [4.69, 9.17) is 0 Å². The molecule has 152 valence electrons. The van der Waals surface area contributed by atoms with Crippen molar-refractivity contribution in [2.45, 2.75) is 142 Å². The van der Waals surface area contributed by atoms with Crippen LogP contribution in [0.2, 0.25) is 0 Å². The highest BCUT2D eigenvalue weighted by Crippen LogP contribution is 2.67. The maximum absolute atomic E-state index is 2.33. The Hall–Kier alpha value is 0. The number of unbranched alkanes of at least 4 members (excludes halogenated alkanes) is 6. The molecule has 0 saturated heterocycles. The molecule has 0 amide bonds. The highest BCUT2D eigenvalue weighted by Gasteiger charge is 2.55. The lowest BCUT2D eigenvalue weighted by atomic mass is 9.44. The zero-order valence-corrected chi connectivity index (χ0v) is 18.3. The molecular formula is C26H48. The molecule has 0 bridgehead atoms. The van der Waals surface area contributed by atoms with Gasteiger partial charge in [-0.25, -0.2) is 0 Å². The summed E-state index contributed by atoms with van der Waals surface area (Å²) in [6, 6.07) is 0. The van der Waals surface area contributed by atoms with Crippen LogP contribution in [-0.4, -0.2) is 0 Å². The third-order valence-corrected chi connectivity index (χ3v) is 8.76. The van der Waals surface area contributed by atoms with E-state index in [0.29, 0.717) is 0 Å². The van der Waals surface area contributed by atoms with Gasteiger partial charge in [-0.3, -0.25) is 0 Å². The second-order valence-corrected chi connectivity index (χ2v) is 10.9. The molecule has 26 heavy (non-hydrogen) atoms. The summed E-state index contributed by atoms with van der Waals surface area (Å²) in [5, 5.41) is 0. The van der Waals surface area contributed by atoms with Gasteiger partial charge in [-0.15, -0.1) is 0 Å². The van der Waals surface area contributed by atoms with Gasteiger partial charge in [0.2, 0.25) is 0 Å². The molecule has 0 aromatic heterocycles. The third kappa shape index (κ3) is 5.51. The first-order valence-electron chi connectivity index (χ1n) is 12.7. The Morgan fingerprint density at radius 3 is 1.27 bits per heavy atom. The zero-order valence-electron chi connectivity index (χ0n) is 18.3. The lowest BCUT2D eigenvalue weighted by molar-refractivity contribution is -0.102. The first-order chi connectivity index (χ1) is 12.7. The minimum Gasteiger partial charge on any atom is -0.0654 e. The van der Waals surface area contributed by atoms with Gasteiger partial charge in [0, 0.05) is 0 Å². The van der Waals surface area contributed by atoms with Crippen molar-refractivity contribution in [3.8, 4) is 0 Å². The molecule has 3 fully saturated rings. The van der Waals surface area contributed by atoms with Crippen LogP contribution >= 0.6 is 0 Å². The van der Waals surface area contributed by atoms with E-state index in [1.54, 1.807) is 77.0 Å². The fraction of sp³-hybridized carbons (Fsp3) is 1.00. The van der Waals surface area contributed by atoms with E-state index in [2.05, 4.69) is 13.8 Å². The molecule has 0 heteroatoms. The van der Waals surface area contributed by atoms with Gasteiger partial charge in [0.25, 0.3) is 0 Å². The van der Waals surface area contributed by atoms with Crippen LogP contribution in [0.5, 0.6) is 0 Å². The minimum atomic E-state index is 0.827. The average Bonchev–Trinajstić information content (AvgIpc) is 2.64. The van der Waals surface area contributed by atoms with Crippen molar-refractivity contribution >= 4 is 0 Å². The summed E-state index contributed by atoms with van der Waals surface area (Å²) in [6.45, 7) is 4.66. The largest absolute Gasteiger partial charge is 0.0654 e. The Labute approximate surface area is 165 Å². The maximum atomic E-state index is 2.33. The molecule has 0 N–H and O–H groups in total. The normalized spacial score (nSPS) is 37.2. The van der Waals surface area contributed by atoms with Crippen LogP contribution in [0, 0.1) is 22.7 Å². The molecule has 0 nitrogen and oxygen atoms in total. The molecule has 0 radical (unpaired) electrons. The fourth-order valence-corrected chi connectivity index (χ4v) is 7.12. The Morgan fingerprint density at radius 2 is 0.923 bits per heavy atom. The Bertz CT molecular complexity index is 333. The molecule has 2 spiro atoms. The van der Waals surface area contributed by atoms with Crippen LogP contribution in [0.4, 0.5) is 0 Å². The predicted octanol–water partition coefficient (Wildman–Crippen LogP) is 9.07. The molecule has 0 unspecified atom stereocenters. The Morgan fingerprint density at radius 1 is 0.538 bits per heavy atom. The van der Waals surface area contributed by atoms with Gasteiger partial charge in [-0.1, -0.05) is 78.1 Å². The predicted molar refractivity (Wildman–Crippen MR) is 116 cm³/mol. The first kappa shape index (κ1) is 20.7. The zero-order chi connectivity index (χ0) is 18.3. The fourth-order valence-electron chi connectivity index (χ4n) is 7.12. The summed E-state index contributed by atoms with van der Waals surface area (Å²) in [5.74, 6) is 2.18. The molecule has 0 aromatic carbocycles. The lowest BCUT2D eigenvalue weighted by Crippen LogP contribution is -2.49. The molecule has 3 rings (SSSR count). The maximum Gasteiger partial charge on any atom is -0.0287 e. The summed E-state index contributed by atoms with van der Waals surface area (Å²) in [7, 11) is 0. The van der Waals surface area contributed by atoms with Crippen LogP contribution in [0.15, 0.2) is 0 Å². The molecule has 0 aliphatic heterocycles. The van der Waals surface area contributed by atoms with Crippen molar-refractivity contribution in [2.24, 2.45) is 22.7 Å². The monoisotopic (exact) mass is 360 g/mol. The molecule has 0 atom stereocenters. The first-order valence-corrected chi connectivity index (χ1v) is 12.7. The van der Waals surface area contributed by atoms with Gasteiger partial charge in [0.1, 0.15) is 0 Å². The highest BCUT2D eigenvalue weighted by atomic mass is 14.6. The van der Waals surface area contributed by atoms with Gasteiger partial charge in [0.15, 0.2) is 0 Å². The van der Waals surface area contributed by atoms with Crippen LogP contribution < -0.4 is 0 Å². The van der Waals surface area contributed by atoms with E-state index >= 15 is 0 Å². The summed E-state index contributed by atoms with van der Waals surface area (Å²) < 4.78 is 0. The quantitative estimate of drug-likeness (QED) is 0.341. The van der Waals surface area contributed by atoms with Gasteiger partial charge >= 0.3 is 0 Å². The molecule has 0 heterocycles. The van der Waals surface area contributed by atoms with E-state index < -0.39 is 0 Å². The lowest BCUT2D eigenvalue weighted by Gasteiger charge is -2.61. The smallest absolute Gasteiger partial charge is 0.0287 e.